The molecule has 0 aliphatic heterocycles. The van der Waals surface area contributed by atoms with Gasteiger partial charge in [0.05, 0.1) is 0 Å². The van der Waals surface area contributed by atoms with Crippen LogP contribution in [-0.4, -0.2) is 24.4 Å². The average molecular weight is 273 g/mol. The van der Waals surface area contributed by atoms with E-state index in [1.807, 2.05) is 12.1 Å². The number of nitrogens with zero attached hydrogens (tertiary/aromatic N) is 3. The third-order valence-corrected chi connectivity index (χ3v) is 2.29. The molecule has 0 spiro atoms. The molecule has 0 aromatic heterocycles. The highest BCUT2D eigenvalue weighted by Crippen LogP contribution is 2.12. The molecule has 0 amide bonds. The minimum Gasteiger partial charge on any atom is -0.399 e. The summed E-state index contributed by atoms with van der Waals surface area (Å²) in [6.45, 7) is 1.67. The summed E-state index contributed by atoms with van der Waals surface area (Å²) >= 11 is 0. The Morgan fingerprint density at radius 1 is 1.40 bits per heavy atom. The number of hydrogen-bond donors (Lipinski definition) is 2. The quantitative estimate of drug-likeness (QED) is 0.462. The van der Waals surface area contributed by atoms with Crippen LogP contribution in [0.5, 0.6) is 0 Å². The van der Waals surface area contributed by atoms with Crippen LogP contribution in [0.3, 0.4) is 0 Å². The lowest BCUT2D eigenvalue weighted by Crippen LogP contribution is -2.25. The summed E-state index contributed by atoms with van der Waals surface area (Å²) < 4.78 is 0. The smallest absolute Gasteiger partial charge is 0.153 e. The minimum absolute atomic E-state index is 0.130. The van der Waals surface area contributed by atoms with E-state index in [4.69, 9.17) is 26.1 Å². The molecule has 3 N–H and O–H groups in total. The number of amidine groups is 1. The van der Waals surface area contributed by atoms with Gasteiger partial charge in [-0.25, -0.2) is 0 Å². The van der Waals surface area contributed by atoms with Gasteiger partial charge in [0.25, 0.3) is 0 Å². The molecule has 0 heterocycles. The molecule has 0 radical (unpaired) electrons. The van der Waals surface area contributed by atoms with Gasteiger partial charge in [-0.05, 0) is 6.92 Å². The predicted molar refractivity (Wildman–Crippen MR) is 75.4 cm³/mol. The van der Waals surface area contributed by atoms with Crippen LogP contribution in [0.25, 0.3) is 0 Å². The first-order valence-electron chi connectivity index (χ1n) is 5.70. The van der Waals surface area contributed by atoms with Crippen molar-refractivity contribution in [2.75, 3.05) is 7.11 Å². The summed E-state index contributed by atoms with van der Waals surface area (Å²) in [4.78, 5) is 9.77. The molecule has 7 heteroatoms. The van der Waals surface area contributed by atoms with Crippen LogP contribution < -0.4 is 5.73 Å². The molecule has 20 heavy (non-hydrogen) atoms. The molecule has 0 unspecified atom stereocenters. The fourth-order valence-corrected chi connectivity index (χ4v) is 1.43. The highest BCUT2D eigenvalue weighted by molar-refractivity contribution is 6.46. The van der Waals surface area contributed by atoms with E-state index in [2.05, 4.69) is 10.3 Å². The predicted octanol–water partition coefficient (Wildman–Crippen LogP) is 1.39. The van der Waals surface area contributed by atoms with Crippen molar-refractivity contribution in [1.82, 2.24) is 0 Å². The van der Waals surface area contributed by atoms with Crippen molar-refractivity contribution in [3.05, 3.63) is 35.4 Å². The Kier molecular flexibility index (Phi) is 5.72. The fraction of sp³-hybridized carbons (Fsp3) is 0.231. The van der Waals surface area contributed by atoms with Crippen molar-refractivity contribution in [1.29, 1.82) is 10.7 Å². The van der Waals surface area contributed by atoms with Crippen LogP contribution in [-0.2, 0) is 16.3 Å². The van der Waals surface area contributed by atoms with E-state index in [-0.39, 0.29) is 23.9 Å². The lowest BCUT2D eigenvalue weighted by molar-refractivity contribution is 0.130. The SMILES string of the molecule is CO/N=C(/C(=N)N)c1ccccc1CO/N=C(/C)C#N. The zero-order chi connectivity index (χ0) is 15.0. The Hall–Kier alpha value is -2.88. The van der Waals surface area contributed by atoms with E-state index >= 15 is 0 Å². The highest BCUT2D eigenvalue weighted by atomic mass is 16.6. The second kappa shape index (κ2) is 7.53. The highest BCUT2D eigenvalue weighted by Gasteiger charge is 2.13. The van der Waals surface area contributed by atoms with Gasteiger partial charge >= 0.3 is 0 Å². The van der Waals surface area contributed by atoms with Crippen molar-refractivity contribution < 1.29 is 9.68 Å². The van der Waals surface area contributed by atoms with E-state index in [1.165, 1.54) is 7.11 Å². The number of nitrogens with two attached hydrogens (primary N) is 1. The van der Waals surface area contributed by atoms with Gasteiger partial charge < -0.3 is 15.4 Å². The summed E-state index contributed by atoms with van der Waals surface area (Å²) in [5.41, 5.74) is 7.27. The summed E-state index contributed by atoms with van der Waals surface area (Å²) in [5.74, 6) is -0.212. The standard InChI is InChI=1S/C13H15N5O2/c1-9(7-14)17-20-8-10-5-3-4-6-11(10)12(13(15)16)18-19-2/h3-6H,8H2,1-2H3,(H3,15,16)/b17-9-,18-12+. The van der Waals surface area contributed by atoms with Crippen molar-refractivity contribution >= 4 is 17.3 Å². The monoisotopic (exact) mass is 273 g/mol. The summed E-state index contributed by atoms with van der Waals surface area (Å²) in [6.07, 6.45) is 0. The minimum atomic E-state index is -0.212. The second-order valence-corrected chi connectivity index (χ2v) is 3.76. The first-order chi connectivity index (χ1) is 9.60. The van der Waals surface area contributed by atoms with Gasteiger partial charge in [-0.1, -0.05) is 34.6 Å². The number of nitrogens with one attached hydrogen (secondary N) is 1. The van der Waals surface area contributed by atoms with Crippen LogP contribution in [0.15, 0.2) is 34.6 Å². The van der Waals surface area contributed by atoms with Crippen LogP contribution >= 0.6 is 0 Å². The van der Waals surface area contributed by atoms with Gasteiger partial charge in [0.1, 0.15) is 25.6 Å². The topological polar surface area (TPSA) is 117 Å². The van der Waals surface area contributed by atoms with Gasteiger partial charge in [0, 0.05) is 11.1 Å². The maximum atomic E-state index is 8.58. The first-order valence-corrected chi connectivity index (χ1v) is 5.70. The molecule has 104 valence electrons. The number of benzene rings is 1. The van der Waals surface area contributed by atoms with Gasteiger partial charge in [-0.15, -0.1) is 0 Å². The Labute approximate surface area is 116 Å². The molecular weight excluding hydrogens is 258 g/mol. The van der Waals surface area contributed by atoms with E-state index < -0.39 is 0 Å². The average Bonchev–Trinajstić information content (AvgIpc) is 2.45. The summed E-state index contributed by atoms with van der Waals surface area (Å²) in [6, 6.07) is 9.00. The van der Waals surface area contributed by atoms with Crippen LogP contribution in [0, 0.1) is 16.7 Å². The molecule has 0 aliphatic carbocycles. The molecular formula is C13H15N5O2. The van der Waals surface area contributed by atoms with Crippen molar-refractivity contribution in [2.45, 2.75) is 13.5 Å². The Morgan fingerprint density at radius 3 is 2.70 bits per heavy atom. The Bertz CT molecular complexity index is 587. The van der Waals surface area contributed by atoms with Crippen molar-refractivity contribution in [2.24, 2.45) is 16.0 Å². The summed E-state index contributed by atoms with van der Waals surface area (Å²) in [7, 11) is 1.38. The first kappa shape index (κ1) is 15.2. The molecule has 1 rings (SSSR count). The molecule has 0 saturated heterocycles. The van der Waals surface area contributed by atoms with E-state index in [0.29, 0.717) is 5.56 Å². The van der Waals surface area contributed by atoms with Crippen molar-refractivity contribution in [3.8, 4) is 6.07 Å². The van der Waals surface area contributed by atoms with Gasteiger partial charge in [0.15, 0.2) is 11.4 Å². The van der Waals surface area contributed by atoms with Crippen molar-refractivity contribution in [3.63, 3.8) is 0 Å². The fourth-order valence-electron chi connectivity index (χ4n) is 1.43. The Morgan fingerprint density at radius 2 is 2.10 bits per heavy atom. The number of nitriles is 1. The van der Waals surface area contributed by atoms with Gasteiger partial charge in [-0.3, -0.25) is 5.41 Å². The maximum Gasteiger partial charge on any atom is 0.153 e. The van der Waals surface area contributed by atoms with Crippen LogP contribution in [0.4, 0.5) is 0 Å². The molecule has 1 aromatic carbocycles. The normalized spacial score (nSPS) is 11.7. The van der Waals surface area contributed by atoms with Crippen LogP contribution in [0.1, 0.15) is 18.1 Å². The third kappa shape index (κ3) is 4.10. The Balaban J connectivity index is 3.02. The van der Waals surface area contributed by atoms with E-state index in [9.17, 15) is 0 Å². The maximum absolute atomic E-state index is 8.58. The molecule has 0 fully saturated rings. The molecule has 0 aliphatic rings. The third-order valence-electron chi connectivity index (χ3n) is 2.29. The largest absolute Gasteiger partial charge is 0.399 e. The van der Waals surface area contributed by atoms with Gasteiger partial charge in [0.2, 0.25) is 0 Å². The molecule has 0 atom stereocenters. The van der Waals surface area contributed by atoms with E-state index in [0.717, 1.165) is 5.56 Å². The zero-order valence-electron chi connectivity index (χ0n) is 11.3. The van der Waals surface area contributed by atoms with E-state index in [1.54, 1.807) is 25.1 Å². The number of oxime groups is 2. The second-order valence-electron chi connectivity index (χ2n) is 3.76. The lowest BCUT2D eigenvalue weighted by atomic mass is 10.0. The lowest BCUT2D eigenvalue weighted by Gasteiger charge is -2.09. The molecule has 7 nitrogen and oxygen atoms in total. The number of rotatable bonds is 6. The zero-order valence-corrected chi connectivity index (χ0v) is 11.3. The molecule has 0 saturated carbocycles. The summed E-state index contributed by atoms with van der Waals surface area (Å²) in [5, 5.41) is 23.5. The van der Waals surface area contributed by atoms with Crippen LogP contribution in [0.2, 0.25) is 0 Å². The molecule has 1 aromatic rings. The number of hydrogen-bond acceptors (Lipinski definition) is 6. The van der Waals surface area contributed by atoms with Gasteiger partial charge in [-0.2, -0.15) is 5.26 Å². The molecule has 0 bridgehead atoms.